The monoisotopic (exact) mass is 436 g/mol. The van der Waals surface area contributed by atoms with Crippen molar-refractivity contribution in [3.63, 3.8) is 0 Å². The summed E-state index contributed by atoms with van der Waals surface area (Å²) in [5.41, 5.74) is 2.69. The standard InChI is InChI=1S/C25H28N2O3S/c1-20-11-9-10-16-24(20)31(29,30)26-23(18-17-21-12-5-3-6-13-21)25(28)27(2)19-22-14-7-4-8-15-22/h3-16,23,26H,17-19H2,1-2H3/t23-/m1/s1. The summed E-state index contributed by atoms with van der Waals surface area (Å²) < 4.78 is 28.8. The summed E-state index contributed by atoms with van der Waals surface area (Å²) in [5, 5.41) is 0. The van der Waals surface area contributed by atoms with E-state index in [0.29, 0.717) is 24.9 Å². The molecular weight excluding hydrogens is 408 g/mol. The number of nitrogens with one attached hydrogen (secondary N) is 1. The van der Waals surface area contributed by atoms with E-state index < -0.39 is 16.1 Å². The van der Waals surface area contributed by atoms with Crippen molar-refractivity contribution in [2.45, 2.75) is 37.2 Å². The van der Waals surface area contributed by atoms with Gasteiger partial charge in [-0.05, 0) is 42.5 Å². The van der Waals surface area contributed by atoms with Gasteiger partial charge >= 0.3 is 0 Å². The van der Waals surface area contributed by atoms with Crippen LogP contribution in [0, 0.1) is 6.92 Å². The highest BCUT2D eigenvalue weighted by atomic mass is 32.2. The zero-order chi connectivity index (χ0) is 22.3. The van der Waals surface area contributed by atoms with Crippen LogP contribution in [-0.4, -0.2) is 32.3 Å². The van der Waals surface area contributed by atoms with Gasteiger partial charge in [-0.25, -0.2) is 8.42 Å². The number of aryl methyl sites for hydroxylation is 2. The van der Waals surface area contributed by atoms with Gasteiger partial charge in [0.15, 0.2) is 0 Å². The van der Waals surface area contributed by atoms with Crippen LogP contribution in [-0.2, 0) is 27.8 Å². The van der Waals surface area contributed by atoms with Crippen molar-refractivity contribution in [1.29, 1.82) is 0 Å². The largest absolute Gasteiger partial charge is 0.340 e. The van der Waals surface area contributed by atoms with Crippen LogP contribution in [0.5, 0.6) is 0 Å². The summed E-state index contributed by atoms with van der Waals surface area (Å²) in [6.45, 7) is 2.16. The maximum atomic E-state index is 13.3. The van der Waals surface area contributed by atoms with Crippen molar-refractivity contribution < 1.29 is 13.2 Å². The molecule has 3 aromatic rings. The van der Waals surface area contributed by atoms with Crippen molar-refractivity contribution in [1.82, 2.24) is 9.62 Å². The average Bonchev–Trinajstić information content (AvgIpc) is 2.77. The molecule has 0 aliphatic rings. The van der Waals surface area contributed by atoms with Gasteiger partial charge in [0.05, 0.1) is 4.90 Å². The number of sulfonamides is 1. The Morgan fingerprint density at radius 1 is 0.871 bits per heavy atom. The molecule has 0 aromatic heterocycles. The van der Waals surface area contributed by atoms with Crippen LogP contribution in [0.25, 0.3) is 0 Å². The number of rotatable bonds is 9. The lowest BCUT2D eigenvalue weighted by atomic mass is 10.0. The van der Waals surface area contributed by atoms with Crippen LogP contribution in [0.2, 0.25) is 0 Å². The van der Waals surface area contributed by atoms with E-state index in [9.17, 15) is 13.2 Å². The van der Waals surface area contributed by atoms with Gasteiger partial charge in [-0.15, -0.1) is 0 Å². The molecule has 1 amide bonds. The summed E-state index contributed by atoms with van der Waals surface area (Å²) in [4.78, 5) is 15.0. The fourth-order valence-corrected chi connectivity index (χ4v) is 4.97. The number of nitrogens with zero attached hydrogens (tertiary/aromatic N) is 1. The molecule has 3 rings (SSSR count). The molecule has 1 N–H and O–H groups in total. The number of hydrogen-bond donors (Lipinski definition) is 1. The quantitative estimate of drug-likeness (QED) is 0.553. The molecule has 31 heavy (non-hydrogen) atoms. The lowest BCUT2D eigenvalue weighted by Crippen LogP contribution is -2.47. The Kier molecular flexibility index (Phi) is 7.60. The minimum Gasteiger partial charge on any atom is -0.340 e. The van der Waals surface area contributed by atoms with E-state index in [1.54, 1.807) is 43.1 Å². The first-order chi connectivity index (χ1) is 14.9. The first kappa shape index (κ1) is 22.7. The first-order valence-electron chi connectivity index (χ1n) is 10.3. The van der Waals surface area contributed by atoms with E-state index in [-0.39, 0.29) is 10.8 Å². The topological polar surface area (TPSA) is 66.5 Å². The van der Waals surface area contributed by atoms with Gasteiger partial charge in [-0.2, -0.15) is 4.72 Å². The molecule has 0 radical (unpaired) electrons. The predicted octanol–water partition coefficient (Wildman–Crippen LogP) is 3.93. The van der Waals surface area contributed by atoms with Gasteiger partial charge in [-0.3, -0.25) is 4.79 Å². The molecule has 0 aliphatic heterocycles. The van der Waals surface area contributed by atoms with Gasteiger partial charge in [-0.1, -0.05) is 78.9 Å². The van der Waals surface area contributed by atoms with E-state index in [4.69, 9.17) is 0 Å². The lowest BCUT2D eigenvalue weighted by Gasteiger charge is -2.25. The Morgan fingerprint density at radius 3 is 2.03 bits per heavy atom. The normalized spacial score (nSPS) is 12.3. The number of benzene rings is 3. The molecule has 0 unspecified atom stereocenters. The van der Waals surface area contributed by atoms with Crippen molar-refractivity contribution >= 4 is 15.9 Å². The van der Waals surface area contributed by atoms with Gasteiger partial charge < -0.3 is 4.90 Å². The Labute approximate surface area is 184 Å². The number of carbonyl (C=O) groups excluding carboxylic acids is 1. The zero-order valence-electron chi connectivity index (χ0n) is 17.9. The molecule has 0 spiro atoms. The van der Waals surface area contributed by atoms with Crippen LogP contribution >= 0.6 is 0 Å². The average molecular weight is 437 g/mol. The van der Waals surface area contributed by atoms with Gasteiger partial charge in [0, 0.05) is 13.6 Å². The van der Waals surface area contributed by atoms with Crippen LogP contribution < -0.4 is 4.72 Å². The molecule has 0 fully saturated rings. The van der Waals surface area contributed by atoms with Crippen molar-refractivity contribution in [2.24, 2.45) is 0 Å². The third-order valence-corrected chi connectivity index (χ3v) is 6.81. The molecule has 1 atom stereocenters. The number of amides is 1. The molecular formula is C25H28N2O3S. The summed E-state index contributed by atoms with van der Waals surface area (Å²) in [5.74, 6) is -0.253. The fraction of sp³-hybridized carbons (Fsp3) is 0.240. The van der Waals surface area contributed by atoms with Crippen LogP contribution in [0.1, 0.15) is 23.1 Å². The molecule has 162 valence electrons. The summed E-state index contributed by atoms with van der Waals surface area (Å²) in [6.07, 6.45) is 0.958. The Hall–Kier alpha value is -2.96. The first-order valence-corrected chi connectivity index (χ1v) is 11.8. The van der Waals surface area contributed by atoms with E-state index in [1.807, 2.05) is 60.7 Å². The molecule has 0 aliphatic carbocycles. The molecule has 6 heteroatoms. The molecule has 5 nitrogen and oxygen atoms in total. The van der Waals surface area contributed by atoms with Crippen molar-refractivity contribution in [3.05, 3.63) is 102 Å². The lowest BCUT2D eigenvalue weighted by molar-refractivity contribution is -0.132. The second kappa shape index (κ2) is 10.4. The Bertz CT molecular complexity index is 1100. The van der Waals surface area contributed by atoms with Crippen LogP contribution in [0.3, 0.4) is 0 Å². The Morgan fingerprint density at radius 2 is 1.42 bits per heavy atom. The number of likely N-dealkylation sites (N-methyl/N-ethyl adjacent to an activating group) is 1. The number of carbonyl (C=O) groups is 1. The van der Waals surface area contributed by atoms with E-state index in [1.165, 1.54) is 0 Å². The molecule has 0 heterocycles. The van der Waals surface area contributed by atoms with Gasteiger partial charge in [0.1, 0.15) is 6.04 Å². The van der Waals surface area contributed by atoms with Gasteiger partial charge in [0.2, 0.25) is 15.9 Å². The second-order valence-corrected chi connectivity index (χ2v) is 9.33. The fourth-order valence-electron chi connectivity index (χ4n) is 3.50. The summed E-state index contributed by atoms with van der Waals surface area (Å²) >= 11 is 0. The maximum absolute atomic E-state index is 13.3. The molecule has 3 aromatic carbocycles. The van der Waals surface area contributed by atoms with E-state index in [2.05, 4.69) is 4.72 Å². The Balaban J connectivity index is 1.81. The summed E-state index contributed by atoms with van der Waals surface area (Å²) in [7, 11) is -2.14. The van der Waals surface area contributed by atoms with E-state index >= 15 is 0 Å². The highest BCUT2D eigenvalue weighted by Crippen LogP contribution is 2.17. The highest BCUT2D eigenvalue weighted by Gasteiger charge is 2.28. The molecule has 0 bridgehead atoms. The number of hydrogen-bond acceptors (Lipinski definition) is 3. The smallest absolute Gasteiger partial charge is 0.241 e. The molecule has 0 saturated heterocycles. The summed E-state index contributed by atoms with van der Waals surface area (Å²) in [6, 6.07) is 25.3. The molecule has 0 saturated carbocycles. The highest BCUT2D eigenvalue weighted by molar-refractivity contribution is 7.89. The third-order valence-electron chi connectivity index (χ3n) is 5.18. The zero-order valence-corrected chi connectivity index (χ0v) is 18.7. The third kappa shape index (κ3) is 6.26. The van der Waals surface area contributed by atoms with Crippen LogP contribution in [0.15, 0.2) is 89.8 Å². The minimum atomic E-state index is -3.84. The predicted molar refractivity (Wildman–Crippen MR) is 123 cm³/mol. The minimum absolute atomic E-state index is 0.193. The van der Waals surface area contributed by atoms with Crippen molar-refractivity contribution in [3.8, 4) is 0 Å². The maximum Gasteiger partial charge on any atom is 0.241 e. The SMILES string of the molecule is Cc1ccccc1S(=O)(=O)N[C@H](CCc1ccccc1)C(=O)N(C)Cc1ccccc1. The second-order valence-electron chi connectivity index (χ2n) is 7.64. The van der Waals surface area contributed by atoms with Gasteiger partial charge in [0.25, 0.3) is 0 Å². The van der Waals surface area contributed by atoms with E-state index in [0.717, 1.165) is 11.1 Å². The van der Waals surface area contributed by atoms with Crippen molar-refractivity contribution in [2.75, 3.05) is 7.05 Å². The van der Waals surface area contributed by atoms with Crippen LogP contribution in [0.4, 0.5) is 0 Å².